The number of carbonyl (C=O) groups is 2. The first kappa shape index (κ1) is 28.7. The maximum absolute atomic E-state index is 12.2. The standard InChI is InChI=1S/C26H48O4/c1-6-7-8-9-10-12-15-18-22(23(21-24(27)28)25(29)30-5)19-16-13-11-14-17-20-26(2,3)4/h15,18,22-23H,6-14,16-17,19-21H2,1-5H3,(H,27,28)/b18-15+. The molecule has 1 N–H and O–H groups in total. The second-order valence-corrected chi connectivity index (χ2v) is 9.89. The molecule has 0 radical (unpaired) electrons. The highest BCUT2D eigenvalue weighted by Crippen LogP contribution is 2.27. The molecule has 2 unspecified atom stereocenters. The van der Waals surface area contributed by atoms with Gasteiger partial charge in [0.15, 0.2) is 0 Å². The molecule has 30 heavy (non-hydrogen) atoms. The number of hydrogen-bond acceptors (Lipinski definition) is 3. The molecule has 0 fully saturated rings. The molecule has 0 aromatic rings. The molecule has 0 rings (SSSR count). The summed E-state index contributed by atoms with van der Waals surface area (Å²) in [4.78, 5) is 23.6. The van der Waals surface area contributed by atoms with E-state index in [0.717, 1.165) is 32.1 Å². The quantitative estimate of drug-likeness (QED) is 0.140. The summed E-state index contributed by atoms with van der Waals surface area (Å²) in [5.74, 6) is -1.99. The van der Waals surface area contributed by atoms with Crippen LogP contribution in [0.25, 0.3) is 0 Å². The molecule has 4 nitrogen and oxygen atoms in total. The van der Waals surface area contributed by atoms with E-state index >= 15 is 0 Å². The number of allylic oxidation sites excluding steroid dienone is 2. The molecule has 176 valence electrons. The van der Waals surface area contributed by atoms with Gasteiger partial charge in [-0.25, -0.2) is 0 Å². The Morgan fingerprint density at radius 2 is 1.53 bits per heavy atom. The van der Waals surface area contributed by atoms with Gasteiger partial charge >= 0.3 is 11.9 Å². The normalized spacial score (nSPS) is 14.0. The first-order chi connectivity index (χ1) is 14.2. The van der Waals surface area contributed by atoms with E-state index in [0.29, 0.717) is 5.41 Å². The third kappa shape index (κ3) is 16.5. The highest BCUT2D eigenvalue weighted by Gasteiger charge is 2.29. The van der Waals surface area contributed by atoms with Crippen molar-refractivity contribution in [3.05, 3.63) is 12.2 Å². The lowest BCUT2D eigenvalue weighted by atomic mass is 9.84. The van der Waals surface area contributed by atoms with Crippen molar-refractivity contribution in [2.45, 2.75) is 118 Å². The molecule has 0 aliphatic rings. The van der Waals surface area contributed by atoms with Gasteiger partial charge in [-0.15, -0.1) is 0 Å². The number of rotatable bonds is 18. The van der Waals surface area contributed by atoms with E-state index in [2.05, 4.69) is 39.8 Å². The molecule has 0 bridgehead atoms. The minimum absolute atomic E-state index is 0.0567. The summed E-state index contributed by atoms with van der Waals surface area (Å²) in [6.45, 7) is 9.06. The van der Waals surface area contributed by atoms with Crippen LogP contribution >= 0.6 is 0 Å². The number of ether oxygens (including phenoxy) is 1. The predicted octanol–water partition coefficient (Wildman–Crippen LogP) is 7.56. The van der Waals surface area contributed by atoms with E-state index in [1.165, 1.54) is 58.5 Å². The van der Waals surface area contributed by atoms with E-state index in [1.807, 2.05) is 0 Å². The number of aliphatic carboxylic acids is 1. The predicted molar refractivity (Wildman–Crippen MR) is 126 cm³/mol. The van der Waals surface area contributed by atoms with E-state index in [1.54, 1.807) is 0 Å². The molecule has 0 aliphatic carbocycles. The van der Waals surface area contributed by atoms with Crippen molar-refractivity contribution < 1.29 is 19.4 Å². The van der Waals surface area contributed by atoms with Crippen LogP contribution in [0.15, 0.2) is 12.2 Å². The molecule has 0 saturated heterocycles. The zero-order chi connectivity index (χ0) is 22.8. The van der Waals surface area contributed by atoms with E-state index in [4.69, 9.17) is 4.74 Å². The molecule has 0 heterocycles. The second-order valence-electron chi connectivity index (χ2n) is 9.89. The van der Waals surface area contributed by atoms with E-state index < -0.39 is 17.9 Å². The van der Waals surface area contributed by atoms with Gasteiger partial charge in [-0.1, -0.05) is 97.6 Å². The number of hydrogen-bond donors (Lipinski definition) is 1. The highest BCUT2D eigenvalue weighted by atomic mass is 16.5. The fourth-order valence-electron chi connectivity index (χ4n) is 3.88. The Hall–Kier alpha value is -1.32. The first-order valence-corrected chi connectivity index (χ1v) is 12.2. The van der Waals surface area contributed by atoms with Gasteiger partial charge in [0.1, 0.15) is 0 Å². The number of carboxylic acid groups (broad SMARTS) is 1. The van der Waals surface area contributed by atoms with Gasteiger partial charge in [0.05, 0.1) is 19.4 Å². The van der Waals surface area contributed by atoms with Crippen LogP contribution in [-0.4, -0.2) is 24.2 Å². The van der Waals surface area contributed by atoms with Crippen LogP contribution in [-0.2, 0) is 14.3 Å². The number of methoxy groups -OCH3 is 1. The summed E-state index contributed by atoms with van der Waals surface area (Å²) in [5, 5.41) is 9.27. The molecule has 4 heteroatoms. The average Bonchev–Trinajstić information content (AvgIpc) is 2.67. The van der Waals surface area contributed by atoms with Crippen molar-refractivity contribution in [1.82, 2.24) is 0 Å². The van der Waals surface area contributed by atoms with Crippen LogP contribution in [0.4, 0.5) is 0 Å². The molecule has 0 saturated carbocycles. The summed E-state index contributed by atoms with van der Waals surface area (Å²) < 4.78 is 4.92. The molecule has 0 spiro atoms. The van der Waals surface area contributed by atoms with Crippen LogP contribution in [0.2, 0.25) is 0 Å². The number of esters is 1. The third-order valence-corrected chi connectivity index (χ3v) is 5.74. The van der Waals surface area contributed by atoms with Gasteiger partial charge < -0.3 is 9.84 Å². The van der Waals surface area contributed by atoms with Crippen molar-refractivity contribution >= 4 is 11.9 Å². The topological polar surface area (TPSA) is 63.6 Å². The van der Waals surface area contributed by atoms with Gasteiger partial charge in [0, 0.05) is 0 Å². The number of unbranched alkanes of at least 4 members (excludes halogenated alkanes) is 9. The molecule has 0 amide bonds. The van der Waals surface area contributed by atoms with Crippen LogP contribution in [0.3, 0.4) is 0 Å². The van der Waals surface area contributed by atoms with Crippen LogP contribution in [0.1, 0.15) is 118 Å². The zero-order valence-electron chi connectivity index (χ0n) is 20.4. The molecule has 0 aromatic heterocycles. The average molecular weight is 425 g/mol. The van der Waals surface area contributed by atoms with Gasteiger partial charge in [0.25, 0.3) is 0 Å². The SMILES string of the molecule is CCCCCCC/C=C/C(CCCCCCCC(C)(C)C)C(CC(=O)O)C(=O)OC. The Balaban J connectivity index is 4.61. The smallest absolute Gasteiger partial charge is 0.309 e. The first-order valence-electron chi connectivity index (χ1n) is 12.2. The maximum Gasteiger partial charge on any atom is 0.309 e. The Labute approximate surface area is 185 Å². The maximum atomic E-state index is 12.2. The van der Waals surface area contributed by atoms with Crippen LogP contribution in [0, 0.1) is 17.3 Å². The van der Waals surface area contributed by atoms with Crippen molar-refractivity contribution in [2.75, 3.05) is 7.11 Å². The molecular formula is C26H48O4. The molecule has 2 atom stereocenters. The van der Waals surface area contributed by atoms with Gasteiger partial charge in [-0.2, -0.15) is 0 Å². The largest absolute Gasteiger partial charge is 0.481 e. The number of carbonyl (C=O) groups excluding carboxylic acids is 1. The van der Waals surface area contributed by atoms with Gasteiger partial charge in [-0.3, -0.25) is 9.59 Å². The Bertz CT molecular complexity index is 476. The second kappa shape index (κ2) is 17.4. The Morgan fingerprint density at radius 1 is 0.933 bits per heavy atom. The summed E-state index contributed by atoms with van der Waals surface area (Å²) in [5.41, 5.74) is 0.400. The molecular weight excluding hydrogens is 376 g/mol. The monoisotopic (exact) mass is 424 g/mol. The summed E-state index contributed by atoms with van der Waals surface area (Å²) in [7, 11) is 1.35. The van der Waals surface area contributed by atoms with Crippen molar-refractivity contribution in [3.8, 4) is 0 Å². The lowest BCUT2D eigenvalue weighted by Gasteiger charge is -2.21. The molecule has 0 aromatic carbocycles. The number of carboxylic acids is 1. The lowest BCUT2D eigenvalue weighted by Crippen LogP contribution is -2.26. The minimum atomic E-state index is -0.939. The summed E-state index contributed by atoms with van der Waals surface area (Å²) >= 11 is 0. The summed E-state index contributed by atoms with van der Waals surface area (Å²) in [6.07, 6.45) is 19.2. The minimum Gasteiger partial charge on any atom is -0.481 e. The van der Waals surface area contributed by atoms with Crippen LogP contribution < -0.4 is 0 Å². The fraction of sp³-hybridized carbons (Fsp3) is 0.846. The third-order valence-electron chi connectivity index (χ3n) is 5.74. The van der Waals surface area contributed by atoms with E-state index in [-0.39, 0.29) is 12.3 Å². The molecule has 0 aliphatic heterocycles. The van der Waals surface area contributed by atoms with Gasteiger partial charge in [-0.05, 0) is 37.0 Å². The van der Waals surface area contributed by atoms with Crippen molar-refractivity contribution in [1.29, 1.82) is 0 Å². The van der Waals surface area contributed by atoms with Crippen LogP contribution in [0.5, 0.6) is 0 Å². The summed E-state index contributed by atoms with van der Waals surface area (Å²) in [6, 6.07) is 0. The Morgan fingerprint density at radius 3 is 2.13 bits per heavy atom. The lowest BCUT2D eigenvalue weighted by molar-refractivity contribution is -0.152. The Kier molecular flexibility index (Phi) is 16.6. The fourth-order valence-corrected chi connectivity index (χ4v) is 3.88. The van der Waals surface area contributed by atoms with Crippen molar-refractivity contribution in [3.63, 3.8) is 0 Å². The zero-order valence-corrected chi connectivity index (χ0v) is 20.4. The van der Waals surface area contributed by atoms with Gasteiger partial charge in [0.2, 0.25) is 0 Å². The van der Waals surface area contributed by atoms with E-state index in [9.17, 15) is 14.7 Å². The highest BCUT2D eigenvalue weighted by molar-refractivity contribution is 5.79. The van der Waals surface area contributed by atoms with Crippen molar-refractivity contribution in [2.24, 2.45) is 17.3 Å².